The largest absolute Gasteiger partial charge is 0.314 e. The van der Waals surface area contributed by atoms with Gasteiger partial charge in [0.05, 0.1) is 0 Å². The molecular formula is C7H14N2. The Bertz CT molecular complexity index is 84.9. The lowest BCUT2D eigenvalue weighted by Crippen LogP contribution is -2.47. The smallest absolute Gasteiger partial charge is 0.0227 e. The Kier molecular flexibility index (Phi) is 2.74. The van der Waals surface area contributed by atoms with Gasteiger partial charge in [-0.3, -0.25) is 0 Å². The second kappa shape index (κ2) is 3.64. The van der Waals surface area contributed by atoms with Gasteiger partial charge in [0.1, 0.15) is 0 Å². The van der Waals surface area contributed by atoms with Gasteiger partial charge < -0.3 is 10.6 Å². The monoisotopic (exact) mass is 127 g/mol. The maximum atomic E-state index is 3.69. The van der Waals surface area contributed by atoms with Crippen LogP contribution in [0.15, 0.2) is 12.7 Å². The van der Waals surface area contributed by atoms with Crippen LogP contribution in [0.25, 0.3) is 0 Å². The molecule has 0 aliphatic carbocycles. The summed E-state index contributed by atoms with van der Waals surface area (Å²) < 4.78 is 0. The van der Waals surface area contributed by atoms with Crippen molar-refractivity contribution in [2.75, 3.05) is 19.6 Å². The molecule has 1 rings (SSSR count). The highest BCUT2D eigenvalue weighted by atomic mass is 15.2. The molecule has 0 bridgehead atoms. The van der Waals surface area contributed by atoms with Gasteiger partial charge in [-0.1, -0.05) is 6.08 Å². The van der Waals surface area contributed by atoms with E-state index in [-0.39, 0.29) is 0 Å². The summed E-state index contributed by atoms with van der Waals surface area (Å²) in [5.41, 5.74) is 0. The van der Waals surface area contributed by atoms with Crippen molar-refractivity contribution in [2.24, 2.45) is 0 Å². The van der Waals surface area contributed by atoms with Gasteiger partial charge in [0, 0.05) is 25.7 Å². The normalized spacial score (nSPS) is 27.8. The second-order valence-corrected chi connectivity index (χ2v) is 2.38. The minimum atomic E-state index is 0.622. The molecular weight excluding hydrogens is 113 g/mol. The third-order valence-corrected chi connectivity index (χ3v) is 1.58. The molecule has 0 aromatic heterocycles. The summed E-state index contributed by atoms with van der Waals surface area (Å²) >= 11 is 0. The molecule has 2 N–H and O–H groups in total. The zero-order valence-corrected chi connectivity index (χ0v) is 5.69. The molecule has 1 aliphatic heterocycles. The van der Waals surface area contributed by atoms with E-state index < -0.39 is 0 Å². The van der Waals surface area contributed by atoms with E-state index in [2.05, 4.69) is 17.2 Å². The molecule has 0 radical (unpaired) electrons. The van der Waals surface area contributed by atoms with E-state index in [1.165, 1.54) is 0 Å². The zero-order valence-electron chi connectivity index (χ0n) is 5.69. The molecule has 1 heterocycles. The lowest BCUT2D eigenvalue weighted by Gasteiger charge is -2.22. The fourth-order valence-corrected chi connectivity index (χ4v) is 1.08. The number of hydrogen-bond donors (Lipinski definition) is 2. The van der Waals surface area contributed by atoms with Crippen LogP contribution >= 0.6 is 0 Å². The molecule has 1 atom stereocenters. The first kappa shape index (κ1) is 6.78. The van der Waals surface area contributed by atoms with Gasteiger partial charge in [-0.2, -0.15) is 0 Å². The maximum Gasteiger partial charge on any atom is 0.0227 e. The summed E-state index contributed by atoms with van der Waals surface area (Å²) in [6, 6.07) is 0.622. The summed E-state index contributed by atoms with van der Waals surface area (Å²) in [6.07, 6.45) is 3.04. The molecule has 1 unspecified atom stereocenters. The average Bonchev–Trinajstić information content (AvgIpc) is 1.91. The molecule has 2 nitrogen and oxygen atoms in total. The number of nitrogens with one attached hydrogen (secondary N) is 2. The topological polar surface area (TPSA) is 24.1 Å². The third-order valence-electron chi connectivity index (χ3n) is 1.58. The Labute approximate surface area is 56.3 Å². The summed E-state index contributed by atoms with van der Waals surface area (Å²) in [5.74, 6) is 0. The van der Waals surface area contributed by atoms with E-state index in [1.807, 2.05) is 6.08 Å². The van der Waals surface area contributed by atoms with Crippen molar-refractivity contribution in [3.8, 4) is 0 Å². The molecule has 1 saturated heterocycles. The summed E-state index contributed by atoms with van der Waals surface area (Å²) in [5, 5.41) is 6.70. The Morgan fingerprint density at radius 3 is 3.00 bits per heavy atom. The van der Waals surface area contributed by atoms with Gasteiger partial charge in [0.25, 0.3) is 0 Å². The van der Waals surface area contributed by atoms with Gasteiger partial charge >= 0.3 is 0 Å². The molecule has 0 saturated carbocycles. The van der Waals surface area contributed by atoms with E-state index in [0.29, 0.717) is 6.04 Å². The first-order valence-electron chi connectivity index (χ1n) is 3.48. The molecule has 0 amide bonds. The van der Waals surface area contributed by atoms with Crippen molar-refractivity contribution >= 4 is 0 Å². The SMILES string of the molecule is C=CC[13CH]1CNCCN1. The van der Waals surface area contributed by atoms with E-state index in [4.69, 9.17) is 0 Å². The van der Waals surface area contributed by atoms with Crippen molar-refractivity contribution in [2.45, 2.75) is 12.5 Å². The van der Waals surface area contributed by atoms with Gasteiger partial charge in [-0.05, 0) is 6.42 Å². The molecule has 0 aromatic carbocycles. The Morgan fingerprint density at radius 1 is 1.56 bits per heavy atom. The Hall–Kier alpha value is -0.340. The van der Waals surface area contributed by atoms with Crippen LogP contribution < -0.4 is 10.6 Å². The van der Waals surface area contributed by atoms with Crippen LogP contribution in [0.1, 0.15) is 6.42 Å². The van der Waals surface area contributed by atoms with Gasteiger partial charge in [-0.25, -0.2) is 0 Å². The van der Waals surface area contributed by atoms with E-state index in [0.717, 1.165) is 26.1 Å². The molecule has 1 fully saturated rings. The summed E-state index contributed by atoms with van der Waals surface area (Å²) in [4.78, 5) is 0. The van der Waals surface area contributed by atoms with E-state index in [9.17, 15) is 0 Å². The number of piperazine rings is 1. The van der Waals surface area contributed by atoms with Gasteiger partial charge in [0.15, 0.2) is 0 Å². The van der Waals surface area contributed by atoms with Crippen molar-refractivity contribution in [3.63, 3.8) is 0 Å². The van der Waals surface area contributed by atoms with Crippen LogP contribution in [-0.4, -0.2) is 25.7 Å². The summed E-state index contributed by atoms with van der Waals surface area (Å²) in [6.45, 7) is 6.98. The van der Waals surface area contributed by atoms with Gasteiger partial charge in [0.2, 0.25) is 0 Å². The summed E-state index contributed by atoms with van der Waals surface area (Å²) in [7, 11) is 0. The standard InChI is InChI=1S/C7H14N2/c1-2-3-7-6-8-4-5-9-7/h2,7-9H,1,3-6H2/i7+1. The predicted molar refractivity (Wildman–Crippen MR) is 39.5 cm³/mol. The average molecular weight is 127 g/mol. The lowest BCUT2D eigenvalue weighted by atomic mass is 10.4. The molecule has 2 heteroatoms. The molecule has 0 aromatic rings. The molecule has 52 valence electrons. The molecule has 0 spiro atoms. The van der Waals surface area contributed by atoms with Crippen molar-refractivity contribution in [1.82, 2.24) is 10.6 Å². The first-order chi connectivity index (χ1) is 4.43. The van der Waals surface area contributed by atoms with Crippen molar-refractivity contribution in [3.05, 3.63) is 12.7 Å². The van der Waals surface area contributed by atoms with E-state index in [1.54, 1.807) is 0 Å². The quantitative estimate of drug-likeness (QED) is 0.407. The minimum absolute atomic E-state index is 0.622. The second-order valence-electron chi connectivity index (χ2n) is 2.38. The van der Waals surface area contributed by atoms with Crippen LogP contribution in [-0.2, 0) is 0 Å². The van der Waals surface area contributed by atoms with Crippen LogP contribution in [0, 0.1) is 0 Å². The number of hydrogen-bond acceptors (Lipinski definition) is 2. The van der Waals surface area contributed by atoms with Crippen LogP contribution in [0.5, 0.6) is 0 Å². The van der Waals surface area contributed by atoms with E-state index >= 15 is 0 Å². The van der Waals surface area contributed by atoms with Gasteiger partial charge in [-0.15, -0.1) is 6.58 Å². The highest BCUT2D eigenvalue weighted by Gasteiger charge is 2.08. The Morgan fingerprint density at radius 2 is 2.44 bits per heavy atom. The maximum absolute atomic E-state index is 3.69. The highest BCUT2D eigenvalue weighted by Crippen LogP contribution is 1.92. The first-order valence-corrected chi connectivity index (χ1v) is 3.48. The lowest BCUT2D eigenvalue weighted by molar-refractivity contribution is 0.421. The minimum Gasteiger partial charge on any atom is -0.314 e. The fraction of sp³-hybridized carbons (Fsp3) is 0.714. The number of rotatable bonds is 2. The highest BCUT2D eigenvalue weighted by molar-refractivity contribution is 4.82. The predicted octanol–water partition coefficient (Wildman–Crippen LogP) is 0.124. The molecule has 1 aliphatic rings. The Balaban J connectivity index is 2.15. The fourth-order valence-electron chi connectivity index (χ4n) is 1.08. The van der Waals surface area contributed by atoms with Crippen molar-refractivity contribution in [1.29, 1.82) is 0 Å². The van der Waals surface area contributed by atoms with Crippen LogP contribution in [0.2, 0.25) is 0 Å². The van der Waals surface area contributed by atoms with Crippen molar-refractivity contribution < 1.29 is 0 Å². The third kappa shape index (κ3) is 2.16. The van der Waals surface area contributed by atoms with Crippen LogP contribution in [0.3, 0.4) is 0 Å². The zero-order chi connectivity index (χ0) is 6.53. The van der Waals surface area contributed by atoms with Crippen LogP contribution in [0.4, 0.5) is 0 Å². The molecule has 9 heavy (non-hydrogen) atoms.